The van der Waals surface area contributed by atoms with Crippen molar-refractivity contribution in [3.63, 3.8) is 0 Å². The van der Waals surface area contributed by atoms with Crippen molar-refractivity contribution in [2.75, 3.05) is 11.9 Å². The molecule has 1 unspecified atom stereocenters. The molecule has 1 N–H and O–H groups in total. The summed E-state index contributed by atoms with van der Waals surface area (Å²) in [5.41, 5.74) is 3.75. The smallest absolute Gasteiger partial charge is 0.122 e. The van der Waals surface area contributed by atoms with E-state index in [1.54, 1.807) is 0 Å². The molecule has 2 aromatic rings. The maximum absolute atomic E-state index is 5.90. The van der Waals surface area contributed by atoms with Gasteiger partial charge in [0.05, 0.1) is 6.61 Å². The van der Waals surface area contributed by atoms with Crippen molar-refractivity contribution in [1.29, 1.82) is 0 Å². The fraction of sp³-hybridized carbons (Fsp3) is 0.294. The van der Waals surface area contributed by atoms with Crippen LogP contribution in [0.4, 0.5) is 5.69 Å². The molecule has 0 amide bonds. The van der Waals surface area contributed by atoms with Gasteiger partial charge in [-0.2, -0.15) is 0 Å². The molecule has 2 nitrogen and oxygen atoms in total. The van der Waals surface area contributed by atoms with Gasteiger partial charge in [0.15, 0.2) is 0 Å². The minimum absolute atomic E-state index is 0.372. The van der Waals surface area contributed by atoms with E-state index < -0.39 is 0 Å². The van der Waals surface area contributed by atoms with Crippen molar-refractivity contribution in [3.05, 3.63) is 58.6 Å². The van der Waals surface area contributed by atoms with Gasteiger partial charge < -0.3 is 10.1 Å². The van der Waals surface area contributed by atoms with E-state index in [1.165, 1.54) is 11.1 Å². The Morgan fingerprint density at radius 3 is 2.80 bits per heavy atom. The van der Waals surface area contributed by atoms with Crippen molar-refractivity contribution in [2.45, 2.75) is 25.8 Å². The van der Waals surface area contributed by atoms with E-state index in [-0.39, 0.29) is 0 Å². The third-order valence-electron chi connectivity index (χ3n) is 3.56. The first kappa shape index (κ1) is 13.3. The Hall–Kier alpha value is -1.67. The number of halogens is 1. The van der Waals surface area contributed by atoms with E-state index in [2.05, 4.69) is 42.6 Å². The van der Waals surface area contributed by atoms with Gasteiger partial charge in [-0.3, -0.25) is 0 Å². The Bertz CT molecular complexity index is 594. The molecule has 0 aliphatic carbocycles. The van der Waals surface area contributed by atoms with Crippen LogP contribution in [0.25, 0.3) is 0 Å². The molecular weight excluding hydrogens is 270 g/mol. The molecule has 1 aliphatic heterocycles. The third kappa shape index (κ3) is 3.07. The summed E-state index contributed by atoms with van der Waals surface area (Å²) in [5.74, 6) is 1.03. The summed E-state index contributed by atoms with van der Waals surface area (Å²) in [4.78, 5) is 0. The number of benzene rings is 2. The minimum Gasteiger partial charge on any atom is -0.493 e. The predicted octanol–water partition coefficient (Wildman–Crippen LogP) is 4.32. The van der Waals surface area contributed by atoms with Gasteiger partial charge in [0.25, 0.3) is 0 Å². The van der Waals surface area contributed by atoms with Crippen LogP contribution < -0.4 is 10.1 Å². The van der Waals surface area contributed by atoms with E-state index in [1.807, 2.05) is 12.1 Å². The van der Waals surface area contributed by atoms with Crippen LogP contribution in [-0.2, 0) is 12.8 Å². The Kier molecular flexibility index (Phi) is 3.83. The van der Waals surface area contributed by atoms with Crippen LogP contribution in [0.3, 0.4) is 0 Å². The number of hydrogen-bond donors (Lipinski definition) is 1. The van der Waals surface area contributed by atoms with Crippen LogP contribution in [0.2, 0.25) is 5.02 Å². The summed E-state index contributed by atoms with van der Waals surface area (Å²) in [6, 6.07) is 14.8. The monoisotopic (exact) mass is 287 g/mol. The standard InChI is InChI=1S/C17H18ClNO/c1-12(10-13-2-4-15(18)5-3-13)19-16-6-7-17-14(11-16)8-9-20-17/h2-7,11-12,19H,8-10H2,1H3. The largest absolute Gasteiger partial charge is 0.493 e. The highest BCUT2D eigenvalue weighted by atomic mass is 35.5. The Labute approximate surface area is 124 Å². The second kappa shape index (κ2) is 5.76. The maximum atomic E-state index is 5.90. The lowest BCUT2D eigenvalue weighted by Crippen LogP contribution is -2.18. The summed E-state index contributed by atoms with van der Waals surface area (Å²) in [6.07, 6.45) is 1.99. The summed E-state index contributed by atoms with van der Waals surface area (Å²) >= 11 is 5.90. The molecule has 104 valence electrons. The summed E-state index contributed by atoms with van der Waals surface area (Å²) in [6.45, 7) is 3.00. The zero-order chi connectivity index (χ0) is 13.9. The van der Waals surface area contributed by atoms with Crippen molar-refractivity contribution in [3.8, 4) is 5.75 Å². The first-order valence-corrected chi connectivity index (χ1v) is 7.35. The molecule has 3 rings (SSSR count). The molecule has 1 aliphatic rings. The summed E-state index contributed by atoms with van der Waals surface area (Å²) < 4.78 is 5.52. The molecule has 0 saturated carbocycles. The van der Waals surface area contributed by atoms with E-state index in [9.17, 15) is 0 Å². The Morgan fingerprint density at radius 2 is 2.00 bits per heavy atom. The number of hydrogen-bond acceptors (Lipinski definition) is 2. The number of anilines is 1. The lowest BCUT2D eigenvalue weighted by Gasteiger charge is -2.16. The molecule has 2 aromatic carbocycles. The predicted molar refractivity (Wildman–Crippen MR) is 83.9 cm³/mol. The minimum atomic E-state index is 0.372. The number of fused-ring (bicyclic) bond motifs is 1. The van der Waals surface area contributed by atoms with Gasteiger partial charge >= 0.3 is 0 Å². The first-order chi connectivity index (χ1) is 9.70. The average Bonchev–Trinajstić information content (AvgIpc) is 2.89. The van der Waals surface area contributed by atoms with Gasteiger partial charge in [0.2, 0.25) is 0 Å². The zero-order valence-electron chi connectivity index (χ0n) is 11.5. The molecular formula is C17H18ClNO. The lowest BCUT2D eigenvalue weighted by molar-refractivity contribution is 0.357. The van der Waals surface area contributed by atoms with Crippen molar-refractivity contribution < 1.29 is 4.74 Å². The molecule has 0 aromatic heterocycles. The fourth-order valence-electron chi connectivity index (χ4n) is 2.59. The summed E-state index contributed by atoms with van der Waals surface area (Å²) in [7, 11) is 0. The van der Waals surface area contributed by atoms with Crippen molar-refractivity contribution in [1.82, 2.24) is 0 Å². The van der Waals surface area contributed by atoms with Crippen molar-refractivity contribution in [2.24, 2.45) is 0 Å². The average molecular weight is 288 g/mol. The normalized spacial score (nSPS) is 14.5. The van der Waals surface area contributed by atoms with Crippen LogP contribution in [0.15, 0.2) is 42.5 Å². The fourth-order valence-corrected chi connectivity index (χ4v) is 2.71. The highest BCUT2D eigenvalue weighted by Crippen LogP contribution is 2.28. The van der Waals surface area contributed by atoms with Gasteiger partial charge in [-0.25, -0.2) is 0 Å². The third-order valence-corrected chi connectivity index (χ3v) is 3.81. The molecule has 0 saturated heterocycles. The van der Waals surface area contributed by atoms with Gasteiger partial charge in [0, 0.05) is 23.2 Å². The van der Waals surface area contributed by atoms with Crippen LogP contribution in [0.5, 0.6) is 5.75 Å². The molecule has 1 atom stereocenters. The van der Waals surface area contributed by atoms with E-state index in [0.29, 0.717) is 6.04 Å². The molecule has 0 bridgehead atoms. The molecule has 0 fully saturated rings. The molecule has 1 heterocycles. The number of rotatable bonds is 4. The van der Waals surface area contributed by atoms with E-state index >= 15 is 0 Å². The molecule has 20 heavy (non-hydrogen) atoms. The van der Waals surface area contributed by atoms with Crippen LogP contribution in [0.1, 0.15) is 18.1 Å². The zero-order valence-corrected chi connectivity index (χ0v) is 12.3. The van der Waals surface area contributed by atoms with Crippen molar-refractivity contribution >= 4 is 17.3 Å². The number of nitrogens with one attached hydrogen (secondary N) is 1. The molecule has 0 radical (unpaired) electrons. The summed E-state index contributed by atoms with van der Waals surface area (Å²) in [5, 5.41) is 4.33. The van der Waals surface area contributed by atoms with Gasteiger partial charge in [-0.05, 0) is 54.8 Å². The molecule has 3 heteroatoms. The lowest BCUT2D eigenvalue weighted by atomic mass is 10.1. The highest BCUT2D eigenvalue weighted by molar-refractivity contribution is 6.30. The second-order valence-electron chi connectivity index (χ2n) is 5.30. The van der Waals surface area contributed by atoms with Gasteiger partial charge in [-0.15, -0.1) is 0 Å². The second-order valence-corrected chi connectivity index (χ2v) is 5.73. The quantitative estimate of drug-likeness (QED) is 0.904. The Morgan fingerprint density at radius 1 is 1.20 bits per heavy atom. The number of ether oxygens (including phenoxy) is 1. The van der Waals surface area contributed by atoms with E-state index in [0.717, 1.165) is 35.9 Å². The first-order valence-electron chi connectivity index (χ1n) is 6.97. The van der Waals surface area contributed by atoms with Crippen LogP contribution in [-0.4, -0.2) is 12.6 Å². The van der Waals surface area contributed by atoms with Gasteiger partial charge in [-0.1, -0.05) is 23.7 Å². The van der Waals surface area contributed by atoms with Gasteiger partial charge in [0.1, 0.15) is 5.75 Å². The van der Waals surface area contributed by atoms with E-state index in [4.69, 9.17) is 16.3 Å². The van der Waals surface area contributed by atoms with Crippen LogP contribution in [0, 0.1) is 0 Å². The molecule has 0 spiro atoms. The SMILES string of the molecule is CC(Cc1ccc(Cl)cc1)Nc1ccc2c(c1)CCO2. The Balaban J connectivity index is 1.63. The topological polar surface area (TPSA) is 21.3 Å². The maximum Gasteiger partial charge on any atom is 0.122 e. The van der Waals surface area contributed by atoms with Crippen LogP contribution >= 0.6 is 11.6 Å². The highest BCUT2D eigenvalue weighted by Gasteiger charge is 2.12.